The Balaban J connectivity index is 1.87. The maximum absolute atomic E-state index is 7.18. The molecule has 0 saturated heterocycles. The second kappa shape index (κ2) is 11.5. The van der Waals surface area contributed by atoms with E-state index in [1.54, 1.807) is 4.80 Å². The maximum atomic E-state index is 7.18. The fourth-order valence-electron chi connectivity index (χ4n) is 4.86. The highest BCUT2D eigenvalue weighted by Crippen LogP contribution is 2.42. The number of aromatic nitrogens is 4. The van der Waals surface area contributed by atoms with Crippen LogP contribution in [0.5, 0.6) is 0 Å². The van der Waals surface area contributed by atoms with Gasteiger partial charge in [-0.3, -0.25) is 0 Å². The standard InChI is InChI=1S/C30H38N4O2Si/c1-23-31-33-34(32-23)27(28(29(2,3)4)36-37(5)6)22-35-30(24-16-10-7-11-17-24,25-18-12-8-13-19-25)26-20-14-9-15-21-26/h7-21,27-28,37H,22H2,1-6H3. The fourth-order valence-corrected chi connectivity index (χ4v) is 6.03. The molecule has 0 fully saturated rings. The van der Waals surface area contributed by atoms with Crippen LogP contribution >= 0.6 is 0 Å². The molecule has 1 aromatic heterocycles. The SMILES string of the molecule is Cc1nnn(C(COC(c2ccccc2)(c2ccccc2)c2ccccc2)C(O[SiH](C)C)C(C)(C)C)n1. The van der Waals surface area contributed by atoms with Crippen molar-refractivity contribution in [1.29, 1.82) is 0 Å². The smallest absolute Gasteiger partial charge is 0.171 e. The average Bonchev–Trinajstić information content (AvgIpc) is 3.32. The number of hydrogen-bond acceptors (Lipinski definition) is 5. The molecule has 37 heavy (non-hydrogen) atoms. The number of hydrogen-bond donors (Lipinski definition) is 0. The molecule has 7 heteroatoms. The molecule has 0 spiro atoms. The van der Waals surface area contributed by atoms with Crippen LogP contribution in [-0.2, 0) is 14.8 Å². The van der Waals surface area contributed by atoms with E-state index in [0.717, 1.165) is 16.7 Å². The minimum absolute atomic E-state index is 0.159. The summed E-state index contributed by atoms with van der Waals surface area (Å²) in [6.45, 7) is 13.2. The van der Waals surface area contributed by atoms with Gasteiger partial charge in [-0.05, 0) is 47.3 Å². The molecule has 2 atom stereocenters. The molecule has 0 amide bonds. The lowest BCUT2D eigenvalue weighted by Crippen LogP contribution is -2.45. The molecule has 6 nitrogen and oxygen atoms in total. The molecule has 194 valence electrons. The van der Waals surface area contributed by atoms with Gasteiger partial charge >= 0.3 is 0 Å². The topological polar surface area (TPSA) is 62.1 Å². The summed E-state index contributed by atoms with van der Waals surface area (Å²) in [7, 11) is -1.39. The van der Waals surface area contributed by atoms with E-state index < -0.39 is 14.6 Å². The van der Waals surface area contributed by atoms with Gasteiger partial charge in [-0.15, -0.1) is 10.2 Å². The highest BCUT2D eigenvalue weighted by Gasteiger charge is 2.42. The van der Waals surface area contributed by atoms with Crippen molar-refractivity contribution in [2.45, 2.75) is 58.5 Å². The Morgan fingerprint density at radius 2 is 1.24 bits per heavy atom. The van der Waals surface area contributed by atoms with Gasteiger partial charge in [0.25, 0.3) is 0 Å². The Bertz CT molecular complexity index is 1140. The van der Waals surface area contributed by atoms with E-state index in [4.69, 9.17) is 9.16 Å². The average molecular weight is 515 g/mol. The third-order valence-electron chi connectivity index (χ3n) is 6.46. The molecule has 0 aliphatic heterocycles. The van der Waals surface area contributed by atoms with Crippen molar-refractivity contribution in [3.63, 3.8) is 0 Å². The van der Waals surface area contributed by atoms with Crippen molar-refractivity contribution in [2.75, 3.05) is 6.61 Å². The van der Waals surface area contributed by atoms with Gasteiger partial charge in [0, 0.05) is 0 Å². The first-order valence-corrected chi connectivity index (χ1v) is 15.7. The zero-order valence-corrected chi connectivity index (χ0v) is 23.9. The van der Waals surface area contributed by atoms with Crippen LogP contribution in [0.25, 0.3) is 0 Å². The Kier molecular flexibility index (Phi) is 8.37. The molecule has 2 unspecified atom stereocenters. The van der Waals surface area contributed by atoms with Gasteiger partial charge in [-0.2, -0.15) is 4.80 Å². The molecule has 0 bridgehead atoms. The van der Waals surface area contributed by atoms with Crippen molar-refractivity contribution in [1.82, 2.24) is 20.2 Å². The van der Waals surface area contributed by atoms with Crippen LogP contribution in [0.4, 0.5) is 0 Å². The van der Waals surface area contributed by atoms with E-state index in [1.165, 1.54) is 0 Å². The summed E-state index contributed by atoms with van der Waals surface area (Å²) in [4.78, 5) is 1.69. The summed E-state index contributed by atoms with van der Waals surface area (Å²) in [5.41, 5.74) is 2.16. The summed E-state index contributed by atoms with van der Waals surface area (Å²) in [6.07, 6.45) is -0.159. The van der Waals surface area contributed by atoms with Gasteiger partial charge in [-0.1, -0.05) is 112 Å². The zero-order chi connectivity index (χ0) is 26.5. The van der Waals surface area contributed by atoms with Crippen LogP contribution in [0.3, 0.4) is 0 Å². The van der Waals surface area contributed by atoms with Crippen LogP contribution in [0.15, 0.2) is 91.0 Å². The lowest BCUT2D eigenvalue weighted by Gasteiger charge is -2.41. The second-order valence-corrected chi connectivity index (χ2v) is 13.2. The van der Waals surface area contributed by atoms with Crippen LogP contribution in [-0.4, -0.2) is 42.0 Å². The molecule has 3 aromatic carbocycles. The van der Waals surface area contributed by atoms with E-state index in [0.29, 0.717) is 12.4 Å². The Labute approximate surface area is 222 Å². The lowest BCUT2D eigenvalue weighted by molar-refractivity contribution is -0.0586. The van der Waals surface area contributed by atoms with Crippen LogP contribution in [0.2, 0.25) is 13.1 Å². The van der Waals surface area contributed by atoms with Crippen LogP contribution in [0.1, 0.15) is 49.3 Å². The molecule has 0 aliphatic rings. The summed E-state index contributed by atoms with van der Waals surface area (Å²) in [6, 6.07) is 31.0. The first kappa shape index (κ1) is 26.9. The quantitative estimate of drug-likeness (QED) is 0.193. The van der Waals surface area contributed by atoms with Gasteiger partial charge in [0.2, 0.25) is 0 Å². The molecule has 0 radical (unpaired) electrons. The summed E-state index contributed by atoms with van der Waals surface area (Å²) >= 11 is 0. The first-order valence-electron chi connectivity index (χ1n) is 12.9. The highest BCUT2D eigenvalue weighted by molar-refractivity contribution is 6.48. The molecule has 1 heterocycles. The van der Waals surface area contributed by atoms with Gasteiger partial charge < -0.3 is 9.16 Å². The molecule has 4 aromatic rings. The van der Waals surface area contributed by atoms with Crippen molar-refractivity contribution >= 4 is 9.04 Å². The van der Waals surface area contributed by atoms with Gasteiger partial charge in [0.15, 0.2) is 14.9 Å². The highest BCUT2D eigenvalue weighted by atomic mass is 28.3. The van der Waals surface area contributed by atoms with Crippen molar-refractivity contribution in [2.24, 2.45) is 5.41 Å². The zero-order valence-electron chi connectivity index (χ0n) is 22.7. The van der Waals surface area contributed by atoms with Crippen molar-refractivity contribution in [3.8, 4) is 0 Å². The summed E-state index contributed by atoms with van der Waals surface area (Å²) in [5, 5.41) is 13.2. The summed E-state index contributed by atoms with van der Waals surface area (Å²) < 4.78 is 13.8. The fraction of sp³-hybridized carbons (Fsp3) is 0.367. The van der Waals surface area contributed by atoms with E-state index in [2.05, 4.69) is 122 Å². The van der Waals surface area contributed by atoms with Crippen LogP contribution < -0.4 is 0 Å². The van der Waals surface area contributed by atoms with Gasteiger partial charge in [0.05, 0.1) is 12.7 Å². The van der Waals surface area contributed by atoms with E-state index >= 15 is 0 Å². The Hall–Kier alpha value is -3.13. The third-order valence-corrected chi connectivity index (χ3v) is 7.30. The number of aryl methyl sites for hydroxylation is 1. The normalized spacial score (nSPS) is 14.0. The van der Waals surface area contributed by atoms with Crippen molar-refractivity contribution < 1.29 is 9.16 Å². The Morgan fingerprint density at radius 3 is 1.59 bits per heavy atom. The lowest BCUT2D eigenvalue weighted by atomic mass is 9.79. The van der Waals surface area contributed by atoms with E-state index in [9.17, 15) is 0 Å². The number of benzene rings is 3. The molecule has 0 aliphatic carbocycles. The van der Waals surface area contributed by atoms with Gasteiger partial charge in [0.1, 0.15) is 11.6 Å². The molecule has 4 rings (SSSR count). The molecule has 0 saturated carbocycles. The third kappa shape index (κ3) is 6.06. The largest absolute Gasteiger partial charge is 0.415 e. The minimum Gasteiger partial charge on any atom is -0.415 e. The number of rotatable bonds is 10. The number of nitrogens with zero attached hydrogens (tertiary/aromatic N) is 4. The predicted octanol–water partition coefficient (Wildman–Crippen LogP) is 5.95. The predicted molar refractivity (Wildman–Crippen MR) is 150 cm³/mol. The van der Waals surface area contributed by atoms with Crippen LogP contribution in [0, 0.1) is 12.3 Å². The second-order valence-electron chi connectivity index (χ2n) is 10.8. The molecular formula is C30H38N4O2Si. The number of tetrazole rings is 1. The van der Waals surface area contributed by atoms with Gasteiger partial charge in [-0.25, -0.2) is 0 Å². The molecular weight excluding hydrogens is 476 g/mol. The molecule has 0 N–H and O–H groups in total. The first-order chi connectivity index (χ1) is 17.7. The van der Waals surface area contributed by atoms with Crippen molar-refractivity contribution in [3.05, 3.63) is 114 Å². The number of ether oxygens (including phenoxy) is 1. The van der Waals surface area contributed by atoms with E-state index in [1.807, 2.05) is 25.1 Å². The Morgan fingerprint density at radius 1 is 0.784 bits per heavy atom. The summed E-state index contributed by atoms with van der Waals surface area (Å²) in [5.74, 6) is 0.625. The monoisotopic (exact) mass is 514 g/mol. The maximum Gasteiger partial charge on any atom is 0.171 e. The minimum atomic E-state index is -1.39. The van der Waals surface area contributed by atoms with E-state index in [-0.39, 0.29) is 17.6 Å².